The van der Waals surface area contributed by atoms with Crippen LogP contribution in [-0.4, -0.2) is 19.5 Å². The number of benzene rings is 1. The minimum Gasteiger partial charge on any atom is -0.385 e. The van der Waals surface area contributed by atoms with Gasteiger partial charge in [0.15, 0.2) is 0 Å². The summed E-state index contributed by atoms with van der Waals surface area (Å²) in [5, 5.41) is 6.10. The molecule has 0 aromatic heterocycles. The van der Waals surface area contributed by atoms with Gasteiger partial charge in [-0.2, -0.15) is 0 Å². The third kappa shape index (κ3) is 3.49. The maximum Gasteiger partial charge on any atom is 0.251 e. The highest BCUT2D eigenvalue weighted by Crippen LogP contribution is 2.24. The fourth-order valence-corrected chi connectivity index (χ4v) is 2.57. The molecule has 1 aromatic carbocycles. The lowest BCUT2D eigenvalue weighted by Crippen LogP contribution is -2.19. The fraction of sp³-hybridized carbons (Fsp3) is 0.533. The zero-order chi connectivity index (χ0) is 12.8. The Balaban J connectivity index is 1.90. The van der Waals surface area contributed by atoms with Crippen LogP contribution in [0.3, 0.4) is 0 Å². The fourth-order valence-electron chi connectivity index (χ4n) is 2.57. The molecule has 98 valence electrons. The normalized spacial score (nSPS) is 16.3. The van der Waals surface area contributed by atoms with E-state index in [4.69, 9.17) is 0 Å². The van der Waals surface area contributed by atoms with Gasteiger partial charge in [0, 0.05) is 24.8 Å². The van der Waals surface area contributed by atoms with E-state index < -0.39 is 0 Å². The van der Waals surface area contributed by atoms with Crippen molar-refractivity contribution in [3.8, 4) is 0 Å². The molecule has 3 nitrogen and oxygen atoms in total. The summed E-state index contributed by atoms with van der Waals surface area (Å²) in [5.74, 6) is 0.763. The second kappa shape index (κ2) is 6.43. The highest BCUT2D eigenvalue weighted by atomic mass is 16.1. The molecule has 0 bridgehead atoms. The maximum absolute atomic E-state index is 11.5. The summed E-state index contributed by atoms with van der Waals surface area (Å²) < 4.78 is 0. The van der Waals surface area contributed by atoms with E-state index in [1.54, 1.807) is 7.05 Å². The zero-order valence-electron chi connectivity index (χ0n) is 11.0. The smallest absolute Gasteiger partial charge is 0.251 e. The second-order valence-electron chi connectivity index (χ2n) is 5.04. The molecular weight excluding hydrogens is 224 g/mol. The standard InChI is InChI=1S/C15H22N2O/c1-16-15(18)13-8-5-9-14(10-13)17-11-12-6-3-2-4-7-12/h5,8-10,12,17H,2-4,6-7,11H2,1H3,(H,16,18). The van der Waals surface area contributed by atoms with E-state index in [1.807, 2.05) is 24.3 Å². The van der Waals surface area contributed by atoms with Gasteiger partial charge in [0.25, 0.3) is 5.91 Å². The van der Waals surface area contributed by atoms with Gasteiger partial charge >= 0.3 is 0 Å². The number of hydrogen-bond acceptors (Lipinski definition) is 2. The van der Waals surface area contributed by atoms with Gasteiger partial charge in [-0.3, -0.25) is 4.79 Å². The van der Waals surface area contributed by atoms with Crippen LogP contribution in [0.25, 0.3) is 0 Å². The van der Waals surface area contributed by atoms with Gasteiger partial charge in [0.05, 0.1) is 0 Å². The number of rotatable bonds is 4. The lowest BCUT2D eigenvalue weighted by atomic mass is 9.89. The zero-order valence-corrected chi connectivity index (χ0v) is 11.0. The molecular formula is C15H22N2O. The summed E-state index contributed by atoms with van der Waals surface area (Å²) in [6, 6.07) is 7.70. The van der Waals surface area contributed by atoms with Crippen LogP contribution in [0, 0.1) is 5.92 Å². The monoisotopic (exact) mass is 246 g/mol. The number of amides is 1. The Labute approximate surface area is 109 Å². The van der Waals surface area contributed by atoms with Crippen molar-refractivity contribution < 1.29 is 4.79 Å². The molecule has 1 aromatic rings. The third-order valence-corrected chi connectivity index (χ3v) is 3.67. The summed E-state index contributed by atoms with van der Waals surface area (Å²) in [6.45, 7) is 1.02. The van der Waals surface area contributed by atoms with Gasteiger partial charge in [-0.05, 0) is 37.0 Å². The van der Waals surface area contributed by atoms with E-state index in [-0.39, 0.29) is 5.91 Å². The lowest BCUT2D eigenvalue weighted by molar-refractivity contribution is 0.0963. The van der Waals surface area contributed by atoms with E-state index in [1.165, 1.54) is 32.1 Å². The number of nitrogens with one attached hydrogen (secondary N) is 2. The number of carbonyl (C=O) groups is 1. The van der Waals surface area contributed by atoms with E-state index in [9.17, 15) is 4.79 Å². The van der Waals surface area contributed by atoms with Crippen molar-refractivity contribution in [1.29, 1.82) is 0 Å². The van der Waals surface area contributed by atoms with Crippen molar-refractivity contribution in [2.24, 2.45) is 5.92 Å². The van der Waals surface area contributed by atoms with Gasteiger partial charge in [-0.1, -0.05) is 25.3 Å². The molecule has 18 heavy (non-hydrogen) atoms. The highest BCUT2D eigenvalue weighted by molar-refractivity contribution is 5.94. The number of hydrogen-bond donors (Lipinski definition) is 2. The average Bonchev–Trinajstić information content (AvgIpc) is 2.45. The molecule has 0 unspecified atom stereocenters. The van der Waals surface area contributed by atoms with Crippen LogP contribution in [-0.2, 0) is 0 Å². The van der Waals surface area contributed by atoms with Crippen molar-refractivity contribution in [3.05, 3.63) is 29.8 Å². The van der Waals surface area contributed by atoms with Crippen molar-refractivity contribution >= 4 is 11.6 Å². The molecule has 1 saturated carbocycles. The molecule has 0 spiro atoms. The average molecular weight is 246 g/mol. The quantitative estimate of drug-likeness (QED) is 0.857. The van der Waals surface area contributed by atoms with Gasteiger partial charge in [0.2, 0.25) is 0 Å². The Morgan fingerprint density at radius 1 is 1.28 bits per heavy atom. The predicted octanol–water partition coefficient (Wildman–Crippen LogP) is 3.04. The molecule has 0 heterocycles. The summed E-state index contributed by atoms with van der Waals surface area (Å²) in [5.41, 5.74) is 1.76. The molecule has 1 fully saturated rings. The summed E-state index contributed by atoms with van der Waals surface area (Å²) in [4.78, 5) is 11.5. The molecule has 0 atom stereocenters. The minimum atomic E-state index is -0.0312. The highest BCUT2D eigenvalue weighted by Gasteiger charge is 2.13. The Hall–Kier alpha value is -1.51. The van der Waals surface area contributed by atoms with Crippen LogP contribution in [0.2, 0.25) is 0 Å². The van der Waals surface area contributed by atoms with Crippen LogP contribution >= 0.6 is 0 Å². The van der Waals surface area contributed by atoms with Crippen LogP contribution in [0.5, 0.6) is 0 Å². The molecule has 0 saturated heterocycles. The van der Waals surface area contributed by atoms with E-state index in [0.29, 0.717) is 5.56 Å². The Morgan fingerprint density at radius 2 is 2.06 bits per heavy atom. The van der Waals surface area contributed by atoms with Gasteiger partial charge in [-0.25, -0.2) is 0 Å². The van der Waals surface area contributed by atoms with Gasteiger partial charge in [0.1, 0.15) is 0 Å². The van der Waals surface area contributed by atoms with E-state index in [0.717, 1.165) is 18.2 Å². The van der Waals surface area contributed by atoms with Crippen LogP contribution in [0.4, 0.5) is 5.69 Å². The first-order valence-electron chi connectivity index (χ1n) is 6.85. The number of carbonyl (C=O) groups excluding carboxylic acids is 1. The molecule has 1 amide bonds. The van der Waals surface area contributed by atoms with E-state index >= 15 is 0 Å². The molecule has 2 N–H and O–H groups in total. The predicted molar refractivity (Wildman–Crippen MR) is 74.9 cm³/mol. The molecule has 0 aliphatic heterocycles. The van der Waals surface area contributed by atoms with Crippen LogP contribution in [0.15, 0.2) is 24.3 Å². The largest absolute Gasteiger partial charge is 0.385 e. The molecule has 1 aliphatic carbocycles. The first-order valence-corrected chi connectivity index (χ1v) is 6.85. The summed E-state index contributed by atoms with van der Waals surface area (Å²) in [7, 11) is 1.66. The van der Waals surface area contributed by atoms with Crippen molar-refractivity contribution in [2.75, 3.05) is 18.9 Å². The summed E-state index contributed by atoms with van der Waals surface area (Å²) in [6.07, 6.45) is 6.79. The van der Waals surface area contributed by atoms with Crippen molar-refractivity contribution in [3.63, 3.8) is 0 Å². The molecule has 3 heteroatoms. The van der Waals surface area contributed by atoms with Gasteiger partial charge in [-0.15, -0.1) is 0 Å². The Kier molecular flexibility index (Phi) is 4.62. The Morgan fingerprint density at radius 3 is 2.78 bits per heavy atom. The second-order valence-corrected chi connectivity index (χ2v) is 5.04. The molecule has 0 radical (unpaired) electrons. The molecule has 2 rings (SSSR count). The van der Waals surface area contributed by atoms with Crippen molar-refractivity contribution in [2.45, 2.75) is 32.1 Å². The first kappa shape index (κ1) is 12.9. The SMILES string of the molecule is CNC(=O)c1cccc(NCC2CCCCC2)c1. The topological polar surface area (TPSA) is 41.1 Å². The third-order valence-electron chi connectivity index (χ3n) is 3.67. The van der Waals surface area contributed by atoms with Crippen LogP contribution < -0.4 is 10.6 Å². The first-order chi connectivity index (χ1) is 8.79. The minimum absolute atomic E-state index is 0.0312. The lowest BCUT2D eigenvalue weighted by Gasteiger charge is -2.22. The molecule has 1 aliphatic rings. The van der Waals surface area contributed by atoms with Crippen LogP contribution in [0.1, 0.15) is 42.5 Å². The maximum atomic E-state index is 11.5. The van der Waals surface area contributed by atoms with Crippen molar-refractivity contribution in [1.82, 2.24) is 5.32 Å². The number of anilines is 1. The summed E-state index contributed by atoms with van der Waals surface area (Å²) >= 11 is 0. The van der Waals surface area contributed by atoms with Gasteiger partial charge < -0.3 is 10.6 Å². The Bertz CT molecular complexity index is 397. The van der Waals surface area contributed by atoms with E-state index in [2.05, 4.69) is 10.6 Å².